The lowest BCUT2D eigenvalue weighted by Gasteiger charge is -2.27. The van der Waals surface area contributed by atoms with E-state index < -0.39 is 0 Å². The molecule has 0 bridgehead atoms. The van der Waals surface area contributed by atoms with E-state index in [1.54, 1.807) is 0 Å². The first-order chi connectivity index (χ1) is 4.83. The monoisotopic (exact) mass is 254 g/mol. The predicted molar refractivity (Wildman–Crippen MR) is 52.3 cm³/mol. The van der Waals surface area contributed by atoms with Crippen molar-refractivity contribution in [1.29, 1.82) is 0 Å². The lowest BCUT2D eigenvalue weighted by Crippen LogP contribution is -2.38. The minimum atomic E-state index is 0.788. The molecule has 0 amide bonds. The summed E-state index contributed by atoms with van der Waals surface area (Å²) in [5.41, 5.74) is 0. The van der Waals surface area contributed by atoms with Crippen molar-refractivity contribution in [2.75, 3.05) is 19.6 Å². The Kier molecular flexibility index (Phi) is 3.95. The van der Waals surface area contributed by atoms with Gasteiger partial charge < -0.3 is 5.32 Å². The summed E-state index contributed by atoms with van der Waals surface area (Å²) in [6, 6.07) is 0.788. The van der Waals surface area contributed by atoms with Crippen LogP contribution < -0.4 is 5.32 Å². The van der Waals surface area contributed by atoms with Gasteiger partial charge in [-0.2, -0.15) is 0 Å². The van der Waals surface area contributed by atoms with Crippen LogP contribution in [0.25, 0.3) is 0 Å². The lowest BCUT2D eigenvalue weighted by atomic mass is 10.1. The topological polar surface area (TPSA) is 15.3 Å². The zero-order valence-corrected chi connectivity index (χ0v) is 8.60. The van der Waals surface area contributed by atoms with Gasteiger partial charge >= 0.3 is 0 Å². The fraction of sp³-hybridized carbons (Fsp3) is 1.00. The fourth-order valence-electron chi connectivity index (χ4n) is 1.34. The maximum Gasteiger partial charge on any atom is 0.0201 e. The molecule has 1 saturated heterocycles. The Morgan fingerprint density at radius 3 is 2.60 bits per heavy atom. The van der Waals surface area contributed by atoms with Crippen LogP contribution in [-0.2, 0) is 0 Å². The molecule has 0 aromatic heterocycles. The summed E-state index contributed by atoms with van der Waals surface area (Å²) in [4.78, 5) is 0. The summed E-state index contributed by atoms with van der Waals surface area (Å²) in [5, 5.41) is 3.48. The number of nitrogens with zero attached hydrogens (tertiary/aromatic N) is 1. The third-order valence-electron chi connectivity index (χ3n) is 1.93. The highest BCUT2D eigenvalue weighted by Gasteiger charge is 2.15. The molecular formula is C7H15IN2. The molecule has 0 saturated carbocycles. The third-order valence-corrected chi connectivity index (χ3v) is 2.90. The Morgan fingerprint density at radius 2 is 2.10 bits per heavy atom. The van der Waals surface area contributed by atoms with E-state index in [-0.39, 0.29) is 0 Å². The largest absolute Gasteiger partial charge is 0.314 e. The van der Waals surface area contributed by atoms with Crippen molar-refractivity contribution in [3.63, 3.8) is 0 Å². The van der Waals surface area contributed by atoms with E-state index in [9.17, 15) is 0 Å². The standard InChI is InChI=1S/C7H15IN2/c1-2-9-7-3-5-10(8)6-4-7/h7,9H,2-6H2,1H3. The summed E-state index contributed by atoms with van der Waals surface area (Å²) in [6.45, 7) is 5.79. The summed E-state index contributed by atoms with van der Waals surface area (Å²) in [5.74, 6) is 0. The molecule has 0 aliphatic carbocycles. The Morgan fingerprint density at radius 1 is 1.50 bits per heavy atom. The molecule has 0 radical (unpaired) electrons. The first-order valence-corrected chi connectivity index (χ1v) is 4.93. The molecule has 3 heteroatoms. The fourth-order valence-corrected chi connectivity index (χ4v) is 1.90. The van der Waals surface area contributed by atoms with E-state index in [0.717, 1.165) is 12.6 Å². The molecule has 1 fully saturated rings. The van der Waals surface area contributed by atoms with Crippen LogP contribution in [0, 0.1) is 0 Å². The molecule has 1 N–H and O–H groups in total. The lowest BCUT2D eigenvalue weighted by molar-refractivity contribution is 0.329. The molecule has 0 aromatic carbocycles. The van der Waals surface area contributed by atoms with Gasteiger partial charge in [0, 0.05) is 42.0 Å². The molecule has 0 unspecified atom stereocenters. The van der Waals surface area contributed by atoms with E-state index in [1.165, 1.54) is 25.9 Å². The third kappa shape index (κ3) is 2.72. The number of hydrogen-bond donors (Lipinski definition) is 1. The van der Waals surface area contributed by atoms with Crippen molar-refractivity contribution in [3.8, 4) is 0 Å². The van der Waals surface area contributed by atoms with Gasteiger partial charge in [0.1, 0.15) is 0 Å². The minimum absolute atomic E-state index is 0.788. The van der Waals surface area contributed by atoms with Gasteiger partial charge in [-0.05, 0) is 19.4 Å². The first-order valence-electron chi connectivity index (χ1n) is 3.97. The molecule has 0 spiro atoms. The van der Waals surface area contributed by atoms with Crippen molar-refractivity contribution in [3.05, 3.63) is 0 Å². The zero-order chi connectivity index (χ0) is 7.40. The maximum absolute atomic E-state index is 3.48. The Balaban J connectivity index is 2.13. The van der Waals surface area contributed by atoms with E-state index in [1.807, 2.05) is 0 Å². The van der Waals surface area contributed by atoms with Crippen LogP contribution in [0.2, 0.25) is 0 Å². The predicted octanol–water partition coefficient (Wildman–Crippen LogP) is 1.41. The molecule has 1 heterocycles. The van der Waals surface area contributed by atoms with Crippen molar-refractivity contribution < 1.29 is 0 Å². The second-order valence-corrected chi connectivity index (χ2v) is 4.11. The van der Waals surface area contributed by atoms with Crippen LogP contribution in [0.15, 0.2) is 0 Å². The van der Waals surface area contributed by atoms with E-state index in [0.29, 0.717) is 0 Å². The maximum atomic E-state index is 3.48. The molecule has 0 aromatic rings. The van der Waals surface area contributed by atoms with Gasteiger partial charge in [-0.3, -0.25) is 0 Å². The van der Waals surface area contributed by atoms with E-state index in [2.05, 4.69) is 38.2 Å². The van der Waals surface area contributed by atoms with Gasteiger partial charge in [0.2, 0.25) is 0 Å². The van der Waals surface area contributed by atoms with Crippen LogP contribution in [0.5, 0.6) is 0 Å². The number of rotatable bonds is 2. The molecule has 2 nitrogen and oxygen atoms in total. The highest BCUT2D eigenvalue weighted by atomic mass is 127. The van der Waals surface area contributed by atoms with Crippen molar-refractivity contribution >= 4 is 22.9 Å². The number of halogens is 1. The number of hydrogen-bond acceptors (Lipinski definition) is 2. The molecular weight excluding hydrogens is 239 g/mol. The van der Waals surface area contributed by atoms with Crippen LogP contribution in [0.4, 0.5) is 0 Å². The highest BCUT2D eigenvalue weighted by Crippen LogP contribution is 2.12. The normalized spacial score (nSPS) is 23.4. The zero-order valence-electron chi connectivity index (χ0n) is 6.44. The molecule has 0 atom stereocenters. The van der Waals surface area contributed by atoms with Crippen molar-refractivity contribution in [2.45, 2.75) is 25.8 Å². The SMILES string of the molecule is CCNC1CCN(I)CC1. The first kappa shape index (κ1) is 8.74. The smallest absolute Gasteiger partial charge is 0.0201 e. The van der Waals surface area contributed by atoms with Crippen LogP contribution in [-0.4, -0.2) is 28.8 Å². The summed E-state index contributed by atoms with van der Waals surface area (Å²) >= 11 is 2.40. The minimum Gasteiger partial charge on any atom is -0.314 e. The Hall–Kier alpha value is 0.650. The van der Waals surface area contributed by atoms with Gasteiger partial charge in [-0.1, -0.05) is 6.92 Å². The molecule has 1 aliphatic heterocycles. The molecule has 1 rings (SSSR count). The second kappa shape index (κ2) is 4.51. The van der Waals surface area contributed by atoms with E-state index in [4.69, 9.17) is 0 Å². The van der Waals surface area contributed by atoms with Gasteiger partial charge in [0.15, 0.2) is 0 Å². The second-order valence-electron chi connectivity index (χ2n) is 2.74. The van der Waals surface area contributed by atoms with Gasteiger partial charge in [-0.15, -0.1) is 0 Å². The summed E-state index contributed by atoms with van der Waals surface area (Å²) in [7, 11) is 0. The average Bonchev–Trinajstić information content (AvgIpc) is 1.95. The summed E-state index contributed by atoms with van der Waals surface area (Å²) < 4.78 is 2.37. The van der Waals surface area contributed by atoms with Crippen molar-refractivity contribution in [2.24, 2.45) is 0 Å². The molecule has 1 aliphatic rings. The van der Waals surface area contributed by atoms with Gasteiger partial charge in [-0.25, -0.2) is 3.11 Å². The van der Waals surface area contributed by atoms with Gasteiger partial charge in [0.05, 0.1) is 0 Å². The number of piperidine rings is 1. The van der Waals surface area contributed by atoms with Gasteiger partial charge in [0.25, 0.3) is 0 Å². The van der Waals surface area contributed by atoms with E-state index >= 15 is 0 Å². The van der Waals surface area contributed by atoms with Crippen LogP contribution in [0.3, 0.4) is 0 Å². The Labute approximate surface area is 76.9 Å². The Bertz CT molecular complexity index is 89.6. The molecule has 60 valence electrons. The van der Waals surface area contributed by atoms with Crippen LogP contribution in [0.1, 0.15) is 19.8 Å². The molecule has 10 heavy (non-hydrogen) atoms. The average molecular weight is 254 g/mol. The van der Waals surface area contributed by atoms with Crippen LogP contribution >= 0.6 is 22.9 Å². The highest BCUT2D eigenvalue weighted by molar-refractivity contribution is 14.1. The number of nitrogens with one attached hydrogen (secondary N) is 1. The quantitative estimate of drug-likeness (QED) is 0.592. The van der Waals surface area contributed by atoms with Crippen molar-refractivity contribution in [1.82, 2.24) is 8.43 Å². The summed E-state index contributed by atoms with van der Waals surface area (Å²) in [6.07, 6.45) is 2.63.